The molecule has 0 spiro atoms. The van der Waals surface area contributed by atoms with Crippen LogP contribution in [0.1, 0.15) is 31.4 Å². The molecule has 0 aliphatic rings. The Kier molecular flexibility index (Phi) is 9.23. The van der Waals surface area contributed by atoms with Crippen LogP contribution >= 0.6 is 11.8 Å². The molecule has 1 aromatic carbocycles. The van der Waals surface area contributed by atoms with E-state index in [4.69, 9.17) is 5.11 Å². The van der Waals surface area contributed by atoms with Gasteiger partial charge in [0, 0.05) is 30.0 Å². The lowest BCUT2D eigenvalue weighted by Crippen LogP contribution is -2.25. The highest BCUT2D eigenvalue weighted by molar-refractivity contribution is 7.98. The number of benzene rings is 1. The number of aliphatic hydroxyl groups excluding tert-OH is 1. The number of hydrogen-bond acceptors (Lipinski definition) is 3. The quantitative estimate of drug-likeness (QED) is 0.588. The largest absolute Gasteiger partial charge is 0.395 e. The maximum absolute atomic E-state index is 8.77. The molecule has 0 saturated carbocycles. The van der Waals surface area contributed by atoms with Crippen molar-refractivity contribution in [3.63, 3.8) is 0 Å². The van der Waals surface area contributed by atoms with Gasteiger partial charge in [-0.15, -0.1) is 0 Å². The summed E-state index contributed by atoms with van der Waals surface area (Å²) in [5.41, 5.74) is 2.39. The van der Waals surface area contributed by atoms with Gasteiger partial charge in [0.1, 0.15) is 0 Å². The van der Waals surface area contributed by atoms with E-state index >= 15 is 0 Å². The second kappa shape index (κ2) is 10.8. The molecule has 0 aromatic heterocycles. The van der Waals surface area contributed by atoms with Crippen molar-refractivity contribution in [2.24, 2.45) is 0 Å². The lowest BCUT2D eigenvalue weighted by Gasteiger charge is -2.17. The summed E-state index contributed by atoms with van der Waals surface area (Å²) in [5, 5.41) is 8.77. The average molecular weight is 291 g/mol. The fraction of sp³-hybridized carbons (Fsp3) is 0.529. The fourth-order valence-electron chi connectivity index (χ4n) is 1.90. The van der Waals surface area contributed by atoms with Crippen molar-refractivity contribution in [3.05, 3.63) is 35.4 Å². The average Bonchev–Trinajstić information content (AvgIpc) is 2.49. The van der Waals surface area contributed by atoms with Crippen LogP contribution in [0.4, 0.5) is 0 Å². The molecule has 0 unspecified atom stereocenters. The normalized spacial score (nSPS) is 10.4. The van der Waals surface area contributed by atoms with Gasteiger partial charge in [0.2, 0.25) is 0 Å². The van der Waals surface area contributed by atoms with Crippen molar-refractivity contribution in [3.8, 4) is 11.8 Å². The van der Waals surface area contributed by atoms with Gasteiger partial charge in [-0.05, 0) is 24.7 Å². The molecule has 0 fully saturated rings. The summed E-state index contributed by atoms with van der Waals surface area (Å²) in [4.78, 5) is 2.44. The van der Waals surface area contributed by atoms with Crippen molar-refractivity contribution in [1.29, 1.82) is 0 Å². The van der Waals surface area contributed by atoms with Gasteiger partial charge in [-0.1, -0.05) is 43.9 Å². The first-order chi connectivity index (χ1) is 9.81. The third kappa shape index (κ3) is 6.47. The topological polar surface area (TPSA) is 23.5 Å². The highest BCUT2D eigenvalue weighted by atomic mass is 32.2. The van der Waals surface area contributed by atoms with Crippen LogP contribution < -0.4 is 0 Å². The van der Waals surface area contributed by atoms with Crippen molar-refractivity contribution in [1.82, 2.24) is 4.90 Å². The summed E-state index contributed by atoms with van der Waals surface area (Å²) in [6, 6.07) is 8.29. The minimum Gasteiger partial charge on any atom is -0.395 e. The molecule has 0 saturated heterocycles. The van der Waals surface area contributed by atoms with Gasteiger partial charge in [-0.2, -0.15) is 11.8 Å². The number of nitrogens with zero attached hydrogens (tertiary/aromatic N) is 1. The van der Waals surface area contributed by atoms with E-state index in [1.807, 2.05) is 17.8 Å². The van der Waals surface area contributed by atoms with E-state index in [9.17, 15) is 0 Å². The second-order valence-electron chi connectivity index (χ2n) is 4.51. The van der Waals surface area contributed by atoms with Crippen LogP contribution in [0.2, 0.25) is 0 Å². The summed E-state index contributed by atoms with van der Waals surface area (Å²) in [5.74, 6) is 8.31. The van der Waals surface area contributed by atoms with Crippen LogP contribution in [-0.4, -0.2) is 42.0 Å². The molecule has 1 N–H and O–H groups in total. The molecular formula is C17H25NOS. The van der Waals surface area contributed by atoms with Crippen LogP contribution in [0.25, 0.3) is 0 Å². The summed E-state index contributed by atoms with van der Waals surface area (Å²) in [6.07, 6.45) is 0.545. The Morgan fingerprint density at radius 1 is 1.20 bits per heavy atom. The zero-order valence-electron chi connectivity index (χ0n) is 12.6. The van der Waals surface area contributed by atoms with Gasteiger partial charge in [0.15, 0.2) is 0 Å². The van der Waals surface area contributed by atoms with Crippen LogP contribution in [0.15, 0.2) is 24.3 Å². The maximum atomic E-state index is 8.77. The number of hydrogen-bond donors (Lipinski definition) is 1. The third-order valence-corrected chi connectivity index (χ3v) is 4.17. The van der Waals surface area contributed by atoms with Crippen molar-refractivity contribution >= 4 is 11.8 Å². The molecule has 1 rings (SSSR count). The van der Waals surface area contributed by atoms with E-state index in [-0.39, 0.29) is 6.61 Å². The predicted octanol–water partition coefficient (Wildman–Crippen LogP) is 3.00. The lowest BCUT2D eigenvalue weighted by molar-refractivity contribution is 0.305. The third-order valence-electron chi connectivity index (χ3n) is 3.18. The molecule has 0 heterocycles. The highest BCUT2D eigenvalue weighted by Gasteiger charge is 2.01. The van der Waals surface area contributed by atoms with Crippen LogP contribution in [-0.2, 0) is 5.75 Å². The van der Waals surface area contributed by atoms with E-state index in [0.717, 1.165) is 36.7 Å². The van der Waals surface area contributed by atoms with Gasteiger partial charge in [-0.25, -0.2) is 0 Å². The Hall–Kier alpha value is -0.950. The van der Waals surface area contributed by atoms with Gasteiger partial charge < -0.3 is 10.0 Å². The molecule has 0 aliphatic carbocycles. The van der Waals surface area contributed by atoms with Gasteiger partial charge in [0.05, 0.1) is 6.61 Å². The van der Waals surface area contributed by atoms with Gasteiger partial charge in [-0.3, -0.25) is 0 Å². The van der Waals surface area contributed by atoms with E-state index in [2.05, 4.69) is 48.8 Å². The molecular weight excluding hydrogens is 266 g/mol. The van der Waals surface area contributed by atoms with Crippen molar-refractivity contribution < 1.29 is 5.11 Å². The van der Waals surface area contributed by atoms with Gasteiger partial charge >= 0.3 is 0 Å². The monoisotopic (exact) mass is 291 g/mol. The lowest BCUT2D eigenvalue weighted by atomic mass is 10.1. The number of thioether (sulfide) groups is 1. The predicted molar refractivity (Wildman–Crippen MR) is 89.0 cm³/mol. The first kappa shape index (κ1) is 17.1. The Labute approximate surface area is 127 Å². The molecule has 0 amide bonds. The standard InChI is InChI=1S/C17H25NOS/c1-3-18(4-2)12-14-20-15-17-11-6-5-9-16(17)10-7-8-13-19/h5-6,9,11,19H,3-4,8,12-15H2,1-2H3. The summed E-state index contributed by atoms with van der Waals surface area (Å²) >= 11 is 1.96. The summed E-state index contributed by atoms with van der Waals surface area (Å²) in [7, 11) is 0. The molecule has 0 bridgehead atoms. The van der Waals surface area contributed by atoms with Crippen LogP contribution in [0.3, 0.4) is 0 Å². The molecule has 3 heteroatoms. The molecule has 0 radical (unpaired) electrons. The Morgan fingerprint density at radius 3 is 2.65 bits per heavy atom. The maximum Gasteiger partial charge on any atom is 0.0540 e. The smallest absolute Gasteiger partial charge is 0.0540 e. The second-order valence-corrected chi connectivity index (χ2v) is 5.62. The van der Waals surface area contributed by atoms with Crippen molar-refractivity contribution in [2.45, 2.75) is 26.0 Å². The first-order valence-electron chi connectivity index (χ1n) is 7.29. The van der Waals surface area contributed by atoms with E-state index in [1.54, 1.807) is 0 Å². The first-order valence-corrected chi connectivity index (χ1v) is 8.45. The highest BCUT2D eigenvalue weighted by Crippen LogP contribution is 2.16. The molecule has 110 valence electrons. The molecule has 20 heavy (non-hydrogen) atoms. The van der Waals surface area contributed by atoms with E-state index in [1.165, 1.54) is 5.56 Å². The van der Waals surface area contributed by atoms with Crippen molar-refractivity contribution in [2.75, 3.05) is 32.0 Å². The molecule has 0 aliphatic heterocycles. The Bertz CT molecular complexity index is 432. The van der Waals surface area contributed by atoms with E-state index < -0.39 is 0 Å². The molecule has 0 atom stereocenters. The van der Waals surface area contributed by atoms with Gasteiger partial charge in [0.25, 0.3) is 0 Å². The summed E-state index contributed by atoms with van der Waals surface area (Å²) in [6.45, 7) is 7.95. The SMILES string of the molecule is CCN(CC)CCSCc1ccccc1C#CCCO. The number of aliphatic hydroxyl groups is 1. The molecule has 1 aromatic rings. The number of rotatable bonds is 8. The minimum absolute atomic E-state index is 0.133. The Morgan fingerprint density at radius 2 is 1.95 bits per heavy atom. The summed E-state index contributed by atoms with van der Waals surface area (Å²) < 4.78 is 0. The minimum atomic E-state index is 0.133. The zero-order chi connectivity index (χ0) is 14.6. The van der Waals surface area contributed by atoms with E-state index in [0.29, 0.717) is 6.42 Å². The van der Waals surface area contributed by atoms with Crippen LogP contribution in [0, 0.1) is 11.8 Å². The zero-order valence-corrected chi connectivity index (χ0v) is 13.4. The fourth-order valence-corrected chi connectivity index (χ4v) is 2.90. The molecule has 2 nitrogen and oxygen atoms in total. The van der Waals surface area contributed by atoms with Crippen LogP contribution in [0.5, 0.6) is 0 Å². The Balaban J connectivity index is 2.46.